The van der Waals surface area contributed by atoms with Crippen LogP contribution in [0.15, 0.2) is 18.2 Å². The van der Waals surface area contributed by atoms with Gasteiger partial charge in [-0.25, -0.2) is 0 Å². The smallest absolute Gasteiger partial charge is 0.240 e. The molecule has 0 radical (unpaired) electrons. The number of hydrogen-bond acceptors (Lipinski definition) is 4. The van der Waals surface area contributed by atoms with Crippen molar-refractivity contribution in [3.63, 3.8) is 0 Å². The van der Waals surface area contributed by atoms with Crippen LogP contribution >= 0.6 is 0 Å². The molecule has 3 N–H and O–H groups in total. The number of nitrogens with two attached hydrogens (primary N) is 1. The van der Waals surface area contributed by atoms with Crippen molar-refractivity contribution in [2.24, 2.45) is 5.73 Å². The molecule has 1 heterocycles. The Balaban J connectivity index is 1.60. The molecule has 24 heavy (non-hydrogen) atoms. The van der Waals surface area contributed by atoms with Crippen molar-refractivity contribution in [2.45, 2.75) is 63.6 Å². The second kappa shape index (κ2) is 7.53. The third-order valence-corrected chi connectivity index (χ3v) is 5.06. The van der Waals surface area contributed by atoms with Gasteiger partial charge in [0.05, 0.1) is 11.6 Å². The minimum Gasteiger partial charge on any atom is -0.491 e. The van der Waals surface area contributed by atoms with Gasteiger partial charge in [0.1, 0.15) is 12.4 Å². The van der Waals surface area contributed by atoms with Crippen LogP contribution in [0.3, 0.4) is 0 Å². The maximum atomic E-state index is 12.4. The van der Waals surface area contributed by atoms with Crippen LogP contribution in [0, 0.1) is 6.92 Å². The van der Waals surface area contributed by atoms with E-state index in [0.29, 0.717) is 13.2 Å². The number of carbonyl (C=O) groups excluding carboxylic acids is 1. The molecule has 5 heteroatoms. The van der Waals surface area contributed by atoms with Crippen LogP contribution in [0.4, 0.5) is 0 Å². The average molecular weight is 332 g/mol. The van der Waals surface area contributed by atoms with E-state index < -0.39 is 5.54 Å². The van der Waals surface area contributed by atoms with Gasteiger partial charge in [-0.1, -0.05) is 25.0 Å². The molecular formula is C19H28N2O3. The van der Waals surface area contributed by atoms with Gasteiger partial charge in [0.2, 0.25) is 5.91 Å². The second-order valence-corrected chi connectivity index (χ2v) is 7.10. The van der Waals surface area contributed by atoms with E-state index in [1.165, 1.54) is 0 Å². The van der Waals surface area contributed by atoms with Gasteiger partial charge in [0, 0.05) is 18.7 Å². The van der Waals surface area contributed by atoms with Gasteiger partial charge in [0.15, 0.2) is 0 Å². The Morgan fingerprint density at radius 3 is 2.88 bits per heavy atom. The number of aryl methyl sites for hydroxylation is 1. The lowest BCUT2D eigenvalue weighted by Crippen LogP contribution is -2.51. The molecule has 1 amide bonds. The molecule has 1 atom stereocenters. The van der Waals surface area contributed by atoms with Gasteiger partial charge < -0.3 is 20.5 Å². The highest BCUT2D eigenvalue weighted by molar-refractivity contribution is 5.86. The zero-order chi connectivity index (χ0) is 17.0. The molecule has 0 aromatic heterocycles. The van der Waals surface area contributed by atoms with Crippen LogP contribution in [0.2, 0.25) is 0 Å². The molecule has 1 aromatic rings. The fourth-order valence-corrected chi connectivity index (χ4v) is 3.49. The highest BCUT2D eigenvalue weighted by Gasteiger charge is 2.36. The van der Waals surface area contributed by atoms with E-state index >= 15 is 0 Å². The molecule has 2 aliphatic rings. The summed E-state index contributed by atoms with van der Waals surface area (Å²) < 4.78 is 11.6. The maximum Gasteiger partial charge on any atom is 0.240 e. The number of rotatable bonds is 6. The molecule has 1 saturated heterocycles. The van der Waals surface area contributed by atoms with Crippen molar-refractivity contribution in [1.29, 1.82) is 0 Å². The Morgan fingerprint density at radius 1 is 1.38 bits per heavy atom. The fourth-order valence-electron chi connectivity index (χ4n) is 3.49. The summed E-state index contributed by atoms with van der Waals surface area (Å²) in [6, 6.07) is 6.07. The highest BCUT2D eigenvalue weighted by atomic mass is 16.5. The Hall–Kier alpha value is -1.59. The third-order valence-electron chi connectivity index (χ3n) is 5.06. The average Bonchev–Trinajstić information content (AvgIpc) is 3.24. The number of hydrogen-bond donors (Lipinski definition) is 2. The molecule has 0 bridgehead atoms. The zero-order valence-corrected chi connectivity index (χ0v) is 14.5. The van der Waals surface area contributed by atoms with Crippen molar-refractivity contribution >= 4 is 5.91 Å². The number of carbonyl (C=O) groups is 1. The van der Waals surface area contributed by atoms with Crippen LogP contribution in [0.1, 0.15) is 49.7 Å². The maximum absolute atomic E-state index is 12.4. The van der Waals surface area contributed by atoms with E-state index in [1.54, 1.807) is 0 Å². The van der Waals surface area contributed by atoms with Gasteiger partial charge in [-0.2, -0.15) is 0 Å². The Bertz CT molecular complexity index is 576. The lowest BCUT2D eigenvalue weighted by atomic mass is 9.98. The van der Waals surface area contributed by atoms with E-state index in [1.807, 2.05) is 25.1 Å². The standard InChI is InChI=1S/C19H28N2O3/c1-14-6-7-15(12-21-18(22)19(20)8-2-3-9-19)17(11-14)24-13-16-5-4-10-23-16/h6-7,11,16H,2-5,8-10,12-13,20H2,1H3,(H,21,22). The summed E-state index contributed by atoms with van der Waals surface area (Å²) in [6.07, 6.45) is 5.94. The van der Waals surface area contributed by atoms with E-state index in [9.17, 15) is 4.79 Å². The Kier molecular flexibility index (Phi) is 5.41. The second-order valence-electron chi connectivity index (χ2n) is 7.10. The molecule has 5 nitrogen and oxygen atoms in total. The molecule has 1 aromatic carbocycles. The molecule has 1 unspecified atom stereocenters. The van der Waals surface area contributed by atoms with Crippen LogP contribution in [-0.2, 0) is 16.1 Å². The normalized spacial score (nSPS) is 22.5. The summed E-state index contributed by atoms with van der Waals surface area (Å²) in [5.74, 6) is 0.772. The van der Waals surface area contributed by atoms with Crippen molar-refractivity contribution < 1.29 is 14.3 Å². The van der Waals surface area contributed by atoms with Crippen molar-refractivity contribution in [3.05, 3.63) is 29.3 Å². The predicted octanol–water partition coefficient (Wildman–Crippen LogP) is 2.44. The molecule has 132 valence electrons. The number of amides is 1. The number of ether oxygens (including phenoxy) is 2. The Labute approximate surface area is 143 Å². The molecule has 1 aliphatic heterocycles. The molecule has 1 saturated carbocycles. The van der Waals surface area contributed by atoms with Crippen molar-refractivity contribution in [1.82, 2.24) is 5.32 Å². The zero-order valence-electron chi connectivity index (χ0n) is 14.5. The van der Waals surface area contributed by atoms with Crippen LogP contribution in [0.25, 0.3) is 0 Å². The van der Waals surface area contributed by atoms with Crippen LogP contribution < -0.4 is 15.8 Å². The summed E-state index contributed by atoms with van der Waals surface area (Å²) >= 11 is 0. The van der Waals surface area contributed by atoms with Crippen LogP contribution in [-0.4, -0.2) is 30.8 Å². The number of nitrogens with one attached hydrogen (secondary N) is 1. The SMILES string of the molecule is Cc1ccc(CNC(=O)C2(N)CCCC2)c(OCC2CCCO2)c1. The lowest BCUT2D eigenvalue weighted by molar-refractivity contribution is -0.126. The van der Waals surface area contributed by atoms with Crippen LogP contribution in [0.5, 0.6) is 5.75 Å². The lowest BCUT2D eigenvalue weighted by Gasteiger charge is -2.23. The van der Waals surface area contributed by atoms with E-state index in [4.69, 9.17) is 15.2 Å². The molecule has 1 aliphatic carbocycles. The van der Waals surface area contributed by atoms with Crippen molar-refractivity contribution in [2.75, 3.05) is 13.2 Å². The molecule has 0 spiro atoms. The topological polar surface area (TPSA) is 73.6 Å². The van der Waals surface area contributed by atoms with Gasteiger partial charge >= 0.3 is 0 Å². The highest BCUT2D eigenvalue weighted by Crippen LogP contribution is 2.28. The van der Waals surface area contributed by atoms with Crippen molar-refractivity contribution in [3.8, 4) is 5.75 Å². The Morgan fingerprint density at radius 2 is 2.17 bits per heavy atom. The predicted molar refractivity (Wildman–Crippen MR) is 92.9 cm³/mol. The van der Waals surface area contributed by atoms with Gasteiger partial charge in [0.25, 0.3) is 0 Å². The molecule has 2 fully saturated rings. The minimum absolute atomic E-state index is 0.0503. The summed E-state index contributed by atoms with van der Waals surface area (Å²) in [5, 5.41) is 2.99. The first-order chi connectivity index (χ1) is 11.6. The van der Waals surface area contributed by atoms with E-state index in [0.717, 1.165) is 62.0 Å². The summed E-state index contributed by atoms with van der Waals surface area (Å²) in [7, 11) is 0. The summed E-state index contributed by atoms with van der Waals surface area (Å²) in [6.45, 7) is 3.86. The first kappa shape index (κ1) is 17.2. The first-order valence-corrected chi connectivity index (χ1v) is 8.98. The summed E-state index contributed by atoms with van der Waals surface area (Å²) in [4.78, 5) is 12.4. The van der Waals surface area contributed by atoms with Gasteiger partial charge in [-0.05, 0) is 44.2 Å². The quantitative estimate of drug-likeness (QED) is 0.839. The van der Waals surface area contributed by atoms with Gasteiger partial charge in [-0.15, -0.1) is 0 Å². The third kappa shape index (κ3) is 4.08. The molecular weight excluding hydrogens is 304 g/mol. The first-order valence-electron chi connectivity index (χ1n) is 8.98. The minimum atomic E-state index is -0.691. The fraction of sp³-hybridized carbons (Fsp3) is 0.632. The molecule has 3 rings (SSSR count). The number of benzene rings is 1. The van der Waals surface area contributed by atoms with Gasteiger partial charge in [-0.3, -0.25) is 4.79 Å². The monoisotopic (exact) mass is 332 g/mol. The van der Waals surface area contributed by atoms with E-state index in [2.05, 4.69) is 5.32 Å². The van der Waals surface area contributed by atoms with E-state index in [-0.39, 0.29) is 12.0 Å². The largest absolute Gasteiger partial charge is 0.491 e. The summed E-state index contributed by atoms with van der Waals surface area (Å²) in [5.41, 5.74) is 7.64.